The summed E-state index contributed by atoms with van der Waals surface area (Å²) in [5.41, 5.74) is 1.32. The SMILES string of the molecule is CCOc1ccc(Cl)cc1C(c1c(C)[nH]n(-c2cccc(C(=O)O)c2)c1=O)c1c(C)[nH]n(-c2cccc(C(=O)O)c2)c1=O. The van der Waals surface area contributed by atoms with E-state index in [1.807, 2.05) is 0 Å². The smallest absolute Gasteiger partial charge is 0.335 e. The van der Waals surface area contributed by atoms with E-state index in [2.05, 4.69) is 10.2 Å². The molecule has 0 atom stereocenters. The summed E-state index contributed by atoms with van der Waals surface area (Å²) in [6.45, 7) is 5.48. The van der Waals surface area contributed by atoms with Gasteiger partial charge in [-0.15, -0.1) is 0 Å². The molecule has 3 aromatic carbocycles. The van der Waals surface area contributed by atoms with E-state index in [1.165, 1.54) is 45.8 Å². The number of aromatic amines is 2. The van der Waals surface area contributed by atoms with Gasteiger partial charge in [-0.3, -0.25) is 19.8 Å². The van der Waals surface area contributed by atoms with Crippen LogP contribution in [0.2, 0.25) is 5.02 Å². The van der Waals surface area contributed by atoms with Crippen molar-refractivity contribution in [1.82, 2.24) is 19.6 Å². The van der Waals surface area contributed by atoms with Gasteiger partial charge in [0.15, 0.2) is 0 Å². The molecule has 0 radical (unpaired) electrons. The number of aryl methyl sites for hydroxylation is 2. The van der Waals surface area contributed by atoms with Gasteiger partial charge in [0.2, 0.25) is 0 Å². The standard InChI is InChI=1S/C31H27ClN4O7/c1-4-43-24-12-11-20(32)15-23(24)27(25-16(2)33-35(28(25)37)21-9-5-7-18(13-21)30(39)40)26-17(3)34-36(29(26)38)22-10-6-8-19(14-22)31(41)42/h5-15,27,33-34H,4H2,1-3H3,(H,39,40)(H,41,42). The van der Waals surface area contributed by atoms with E-state index in [4.69, 9.17) is 16.3 Å². The van der Waals surface area contributed by atoms with Gasteiger partial charge in [-0.1, -0.05) is 23.7 Å². The Hall–Kier alpha value is -5.29. The fourth-order valence-corrected chi connectivity index (χ4v) is 5.39. The van der Waals surface area contributed by atoms with Crippen LogP contribution in [0.5, 0.6) is 5.75 Å². The summed E-state index contributed by atoms with van der Waals surface area (Å²) in [7, 11) is 0. The highest BCUT2D eigenvalue weighted by Crippen LogP contribution is 2.39. The minimum absolute atomic E-state index is 0.00353. The molecule has 0 spiro atoms. The van der Waals surface area contributed by atoms with E-state index in [0.717, 1.165) is 0 Å². The largest absolute Gasteiger partial charge is 0.494 e. The van der Waals surface area contributed by atoms with Gasteiger partial charge in [0.05, 0.1) is 46.2 Å². The molecule has 4 N–H and O–H groups in total. The molecule has 0 aliphatic heterocycles. The molecule has 2 heterocycles. The maximum absolute atomic E-state index is 14.2. The Balaban J connectivity index is 1.80. The third kappa shape index (κ3) is 5.38. The van der Waals surface area contributed by atoms with Crippen molar-refractivity contribution >= 4 is 23.5 Å². The van der Waals surface area contributed by atoms with Crippen molar-refractivity contribution in [3.8, 4) is 17.1 Å². The van der Waals surface area contributed by atoms with Gasteiger partial charge in [0, 0.05) is 22.0 Å². The fraction of sp³-hybridized carbons (Fsp3) is 0.161. The molecule has 12 heteroatoms. The molecule has 0 fully saturated rings. The molecule has 43 heavy (non-hydrogen) atoms. The number of hydrogen-bond donors (Lipinski definition) is 4. The molecule has 0 unspecified atom stereocenters. The van der Waals surface area contributed by atoms with E-state index in [9.17, 15) is 29.4 Å². The van der Waals surface area contributed by atoms with Crippen LogP contribution in [0.25, 0.3) is 11.4 Å². The van der Waals surface area contributed by atoms with E-state index in [0.29, 0.717) is 45.7 Å². The van der Waals surface area contributed by atoms with Gasteiger partial charge >= 0.3 is 11.9 Å². The van der Waals surface area contributed by atoms with Gasteiger partial charge in [-0.2, -0.15) is 0 Å². The second-order valence-corrected chi connectivity index (χ2v) is 10.3. The van der Waals surface area contributed by atoms with Crippen LogP contribution in [-0.4, -0.2) is 48.3 Å². The second kappa shape index (κ2) is 11.5. The number of carboxylic acids is 2. The molecule has 0 aliphatic carbocycles. The Bertz CT molecular complexity index is 1880. The Morgan fingerprint density at radius 2 is 1.30 bits per heavy atom. The second-order valence-electron chi connectivity index (χ2n) is 9.84. The van der Waals surface area contributed by atoms with Gasteiger partial charge in [-0.05, 0) is 75.4 Å². The first kappa shape index (κ1) is 29.2. The predicted octanol–water partition coefficient (Wildman–Crippen LogP) is 4.89. The van der Waals surface area contributed by atoms with Crippen molar-refractivity contribution in [2.75, 3.05) is 6.61 Å². The van der Waals surface area contributed by atoms with Crippen LogP contribution >= 0.6 is 11.6 Å². The first-order chi connectivity index (χ1) is 20.5. The topological polar surface area (TPSA) is 159 Å². The molecule has 5 rings (SSSR count). The van der Waals surface area contributed by atoms with Crippen molar-refractivity contribution in [3.63, 3.8) is 0 Å². The summed E-state index contributed by atoms with van der Waals surface area (Å²) < 4.78 is 8.37. The molecule has 0 bridgehead atoms. The molecule has 0 amide bonds. The monoisotopic (exact) mass is 602 g/mol. The van der Waals surface area contributed by atoms with E-state index in [1.54, 1.807) is 51.1 Å². The van der Waals surface area contributed by atoms with Crippen LogP contribution in [0.15, 0.2) is 76.3 Å². The Labute approximate surface area is 249 Å². The first-order valence-electron chi connectivity index (χ1n) is 13.2. The zero-order valence-corrected chi connectivity index (χ0v) is 24.1. The number of carbonyl (C=O) groups is 2. The van der Waals surface area contributed by atoms with Crippen LogP contribution in [0.1, 0.15) is 61.6 Å². The van der Waals surface area contributed by atoms with Crippen LogP contribution < -0.4 is 15.9 Å². The zero-order valence-electron chi connectivity index (χ0n) is 23.3. The van der Waals surface area contributed by atoms with Crippen LogP contribution in [-0.2, 0) is 0 Å². The molecule has 2 aromatic heterocycles. The molecule has 11 nitrogen and oxygen atoms in total. The van der Waals surface area contributed by atoms with Crippen LogP contribution in [0.4, 0.5) is 0 Å². The number of carboxylic acid groups (broad SMARTS) is 2. The first-order valence-corrected chi connectivity index (χ1v) is 13.6. The maximum atomic E-state index is 14.2. The van der Waals surface area contributed by atoms with Crippen molar-refractivity contribution in [2.45, 2.75) is 26.7 Å². The average molecular weight is 603 g/mol. The lowest BCUT2D eigenvalue weighted by Gasteiger charge is -2.20. The molecule has 0 saturated carbocycles. The number of H-pyrrole nitrogens is 2. The van der Waals surface area contributed by atoms with E-state index in [-0.39, 0.29) is 22.3 Å². The van der Waals surface area contributed by atoms with Crippen molar-refractivity contribution in [3.05, 3.63) is 132 Å². The number of halogens is 1. The van der Waals surface area contributed by atoms with Crippen molar-refractivity contribution < 1.29 is 24.5 Å². The zero-order chi connectivity index (χ0) is 31.0. The summed E-state index contributed by atoms with van der Waals surface area (Å²) >= 11 is 6.44. The third-order valence-electron chi connectivity index (χ3n) is 7.10. The Morgan fingerprint density at radius 1 is 0.814 bits per heavy atom. The van der Waals surface area contributed by atoms with Crippen molar-refractivity contribution in [1.29, 1.82) is 0 Å². The molecule has 0 saturated heterocycles. The Kier molecular flexibility index (Phi) is 7.83. The predicted molar refractivity (Wildman–Crippen MR) is 160 cm³/mol. The highest BCUT2D eigenvalue weighted by molar-refractivity contribution is 6.30. The number of nitrogens with zero attached hydrogens (tertiary/aromatic N) is 2. The van der Waals surface area contributed by atoms with Crippen LogP contribution in [0, 0.1) is 13.8 Å². The minimum atomic E-state index is -1.15. The number of benzene rings is 3. The summed E-state index contributed by atoms with van der Waals surface area (Å²) in [6.07, 6.45) is 0. The highest BCUT2D eigenvalue weighted by atomic mass is 35.5. The number of ether oxygens (including phenoxy) is 1. The number of aromatic nitrogens is 4. The summed E-state index contributed by atoms with van der Waals surface area (Å²) in [5, 5.41) is 25.4. The maximum Gasteiger partial charge on any atom is 0.335 e. The molecular weight excluding hydrogens is 576 g/mol. The van der Waals surface area contributed by atoms with E-state index < -0.39 is 29.0 Å². The van der Waals surface area contributed by atoms with Gasteiger partial charge in [-0.25, -0.2) is 19.0 Å². The number of rotatable bonds is 9. The average Bonchev–Trinajstić information content (AvgIpc) is 3.44. The van der Waals surface area contributed by atoms with Crippen molar-refractivity contribution in [2.24, 2.45) is 0 Å². The lowest BCUT2D eigenvalue weighted by atomic mass is 9.84. The Morgan fingerprint density at radius 3 is 1.74 bits per heavy atom. The molecule has 5 aromatic rings. The lowest BCUT2D eigenvalue weighted by Crippen LogP contribution is -2.26. The third-order valence-corrected chi connectivity index (χ3v) is 7.33. The van der Waals surface area contributed by atoms with Gasteiger partial charge in [0.25, 0.3) is 11.1 Å². The lowest BCUT2D eigenvalue weighted by molar-refractivity contribution is 0.0686. The molecule has 220 valence electrons. The van der Waals surface area contributed by atoms with E-state index >= 15 is 0 Å². The fourth-order valence-electron chi connectivity index (χ4n) is 5.21. The minimum Gasteiger partial charge on any atom is -0.494 e. The number of nitrogens with one attached hydrogen (secondary N) is 2. The summed E-state index contributed by atoms with van der Waals surface area (Å²) in [4.78, 5) is 51.5. The van der Waals surface area contributed by atoms with Gasteiger partial charge < -0.3 is 14.9 Å². The summed E-state index contributed by atoms with van der Waals surface area (Å²) in [6, 6.07) is 16.8. The normalized spacial score (nSPS) is 11.2. The number of aromatic carboxylic acids is 2. The summed E-state index contributed by atoms with van der Waals surface area (Å²) in [5.74, 6) is -2.87. The quantitative estimate of drug-likeness (QED) is 0.187. The highest BCUT2D eigenvalue weighted by Gasteiger charge is 2.33. The van der Waals surface area contributed by atoms with Crippen LogP contribution in [0.3, 0.4) is 0 Å². The van der Waals surface area contributed by atoms with Gasteiger partial charge in [0.1, 0.15) is 5.75 Å². The number of hydrogen-bond acceptors (Lipinski definition) is 5. The molecular formula is C31H27ClN4O7. The molecule has 0 aliphatic rings.